The van der Waals surface area contributed by atoms with E-state index in [9.17, 15) is 9.59 Å². The topological polar surface area (TPSA) is 75.6 Å². The Morgan fingerprint density at radius 1 is 1.33 bits per heavy atom. The number of hydrogen-bond acceptors (Lipinski definition) is 3. The molecule has 1 saturated carbocycles. The Morgan fingerprint density at radius 3 is 2.57 bits per heavy atom. The minimum Gasteiger partial charge on any atom is -0.493 e. The maximum atomic E-state index is 11.8. The maximum Gasteiger partial charge on any atom is 0.305 e. The van der Waals surface area contributed by atoms with Crippen LogP contribution in [0.3, 0.4) is 0 Å². The summed E-state index contributed by atoms with van der Waals surface area (Å²) in [6.07, 6.45) is 2.22. The number of carboxylic acids is 1. The number of carbonyl (C=O) groups excluding carboxylic acids is 1. The smallest absolute Gasteiger partial charge is 0.305 e. The second-order valence-corrected chi connectivity index (χ2v) is 5.52. The van der Waals surface area contributed by atoms with Crippen LogP contribution in [0.1, 0.15) is 31.2 Å². The average molecular weight is 291 g/mol. The van der Waals surface area contributed by atoms with Crippen LogP contribution in [0.4, 0.5) is 0 Å². The molecular formula is C16H21NO4. The zero-order chi connectivity index (χ0) is 15.2. The highest BCUT2D eigenvalue weighted by Crippen LogP contribution is 2.34. The van der Waals surface area contributed by atoms with Crippen molar-refractivity contribution in [3.63, 3.8) is 0 Å². The normalized spacial score (nSPS) is 15.3. The summed E-state index contributed by atoms with van der Waals surface area (Å²) in [6, 6.07) is 7.39. The molecule has 0 heterocycles. The molecule has 5 heteroatoms. The van der Waals surface area contributed by atoms with E-state index in [1.807, 2.05) is 31.2 Å². The summed E-state index contributed by atoms with van der Waals surface area (Å²) >= 11 is 0. The Morgan fingerprint density at radius 2 is 2.00 bits per heavy atom. The number of ether oxygens (including phenoxy) is 1. The van der Waals surface area contributed by atoms with E-state index in [1.165, 1.54) is 0 Å². The molecule has 1 unspecified atom stereocenters. The summed E-state index contributed by atoms with van der Waals surface area (Å²) in [5.74, 6) is 0.0316. The first-order valence-electron chi connectivity index (χ1n) is 7.25. The largest absolute Gasteiger partial charge is 0.493 e. The van der Waals surface area contributed by atoms with Gasteiger partial charge in [0.25, 0.3) is 0 Å². The number of rotatable bonds is 8. The molecule has 1 aliphatic rings. The molecule has 1 fully saturated rings. The molecule has 1 amide bonds. The number of aliphatic carboxylic acids is 1. The van der Waals surface area contributed by atoms with Crippen LogP contribution < -0.4 is 10.1 Å². The molecule has 1 aromatic carbocycles. The summed E-state index contributed by atoms with van der Waals surface area (Å²) in [5.41, 5.74) is 1.15. The summed E-state index contributed by atoms with van der Waals surface area (Å²) in [5, 5.41) is 11.7. The van der Waals surface area contributed by atoms with E-state index in [4.69, 9.17) is 9.84 Å². The lowest BCUT2D eigenvalue weighted by Crippen LogP contribution is -2.38. The van der Waals surface area contributed by atoms with Gasteiger partial charge in [-0.05, 0) is 37.8 Å². The van der Waals surface area contributed by atoms with Gasteiger partial charge in [0.15, 0.2) is 0 Å². The standard InChI is InChI=1S/C16H21NO4/c1-11-2-6-13(7-3-11)21-9-8-15(18)17-14(10-16(19)20)12-4-5-12/h2-3,6-7,12,14H,4-5,8-10H2,1H3,(H,17,18)(H,19,20). The predicted molar refractivity (Wildman–Crippen MR) is 78.2 cm³/mol. The molecule has 2 N–H and O–H groups in total. The quantitative estimate of drug-likeness (QED) is 0.769. The number of hydrogen-bond donors (Lipinski definition) is 2. The van der Waals surface area contributed by atoms with Crippen LogP contribution in [-0.2, 0) is 9.59 Å². The van der Waals surface area contributed by atoms with Gasteiger partial charge < -0.3 is 15.2 Å². The Labute approximate surface area is 124 Å². The van der Waals surface area contributed by atoms with Gasteiger partial charge in [0, 0.05) is 6.04 Å². The SMILES string of the molecule is Cc1ccc(OCCC(=O)NC(CC(=O)O)C2CC2)cc1. The van der Waals surface area contributed by atoms with Gasteiger partial charge in [-0.1, -0.05) is 17.7 Å². The first-order chi connectivity index (χ1) is 10.0. The van der Waals surface area contributed by atoms with E-state index < -0.39 is 5.97 Å². The molecule has 0 spiro atoms. The first kappa shape index (κ1) is 15.4. The molecule has 0 radical (unpaired) electrons. The fourth-order valence-electron chi connectivity index (χ4n) is 2.20. The zero-order valence-corrected chi connectivity index (χ0v) is 12.2. The molecule has 0 aliphatic heterocycles. The maximum absolute atomic E-state index is 11.8. The van der Waals surface area contributed by atoms with Gasteiger partial charge in [-0.2, -0.15) is 0 Å². The van der Waals surface area contributed by atoms with Crippen LogP contribution in [0.5, 0.6) is 5.75 Å². The van der Waals surface area contributed by atoms with Crippen molar-refractivity contribution in [3.8, 4) is 5.75 Å². The van der Waals surface area contributed by atoms with E-state index in [0.717, 1.165) is 24.2 Å². The lowest BCUT2D eigenvalue weighted by Gasteiger charge is -2.16. The molecule has 5 nitrogen and oxygen atoms in total. The molecule has 0 aromatic heterocycles. The fraction of sp³-hybridized carbons (Fsp3) is 0.500. The van der Waals surface area contributed by atoms with Gasteiger partial charge in [0.05, 0.1) is 19.4 Å². The molecule has 1 atom stereocenters. The van der Waals surface area contributed by atoms with Gasteiger partial charge in [-0.3, -0.25) is 9.59 Å². The lowest BCUT2D eigenvalue weighted by atomic mass is 10.1. The van der Waals surface area contributed by atoms with Crippen molar-refractivity contribution in [2.24, 2.45) is 5.92 Å². The number of aryl methyl sites for hydroxylation is 1. The Hall–Kier alpha value is -2.04. The summed E-state index contributed by atoms with van der Waals surface area (Å²) in [7, 11) is 0. The minimum absolute atomic E-state index is 0.00474. The van der Waals surface area contributed by atoms with Crippen LogP contribution in [0, 0.1) is 12.8 Å². The number of amides is 1. The highest BCUT2D eigenvalue weighted by Gasteiger charge is 2.33. The lowest BCUT2D eigenvalue weighted by molar-refractivity contribution is -0.137. The number of carboxylic acid groups (broad SMARTS) is 1. The van der Waals surface area contributed by atoms with Crippen LogP contribution in [-0.4, -0.2) is 29.6 Å². The Bertz CT molecular complexity index is 494. The highest BCUT2D eigenvalue weighted by atomic mass is 16.5. The average Bonchev–Trinajstić information content (AvgIpc) is 3.24. The fourth-order valence-corrected chi connectivity index (χ4v) is 2.20. The van der Waals surface area contributed by atoms with Gasteiger partial charge in [-0.25, -0.2) is 0 Å². The van der Waals surface area contributed by atoms with E-state index in [1.54, 1.807) is 0 Å². The van der Waals surface area contributed by atoms with E-state index in [2.05, 4.69) is 5.32 Å². The van der Waals surface area contributed by atoms with Crippen LogP contribution >= 0.6 is 0 Å². The zero-order valence-electron chi connectivity index (χ0n) is 12.2. The summed E-state index contributed by atoms with van der Waals surface area (Å²) < 4.78 is 5.49. The van der Waals surface area contributed by atoms with Crippen molar-refractivity contribution < 1.29 is 19.4 Å². The number of carbonyl (C=O) groups is 2. The van der Waals surface area contributed by atoms with Crippen molar-refractivity contribution in [2.75, 3.05) is 6.61 Å². The third kappa shape index (κ3) is 5.45. The van der Waals surface area contributed by atoms with E-state index >= 15 is 0 Å². The first-order valence-corrected chi connectivity index (χ1v) is 7.25. The third-order valence-corrected chi connectivity index (χ3v) is 3.55. The molecule has 114 valence electrons. The molecule has 1 aliphatic carbocycles. The number of nitrogens with one attached hydrogen (secondary N) is 1. The van der Waals surface area contributed by atoms with Gasteiger partial charge >= 0.3 is 5.97 Å². The van der Waals surface area contributed by atoms with E-state index in [-0.39, 0.29) is 24.8 Å². The Balaban J connectivity index is 1.71. The van der Waals surface area contributed by atoms with Crippen LogP contribution in [0.15, 0.2) is 24.3 Å². The Kier molecular flexibility index (Phi) is 5.20. The van der Waals surface area contributed by atoms with Gasteiger partial charge in [0.1, 0.15) is 5.75 Å². The van der Waals surface area contributed by atoms with Crippen molar-refractivity contribution in [1.82, 2.24) is 5.32 Å². The molecule has 0 bridgehead atoms. The van der Waals surface area contributed by atoms with Crippen molar-refractivity contribution in [3.05, 3.63) is 29.8 Å². The minimum atomic E-state index is -0.872. The predicted octanol–water partition coefficient (Wildman–Crippen LogP) is 2.13. The second-order valence-electron chi connectivity index (χ2n) is 5.52. The molecule has 1 aromatic rings. The van der Waals surface area contributed by atoms with Crippen LogP contribution in [0.25, 0.3) is 0 Å². The number of benzene rings is 1. The molecule has 21 heavy (non-hydrogen) atoms. The highest BCUT2D eigenvalue weighted by molar-refractivity contribution is 5.77. The van der Waals surface area contributed by atoms with Gasteiger partial charge in [-0.15, -0.1) is 0 Å². The van der Waals surface area contributed by atoms with Gasteiger partial charge in [0.2, 0.25) is 5.91 Å². The third-order valence-electron chi connectivity index (χ3n) is 3.55. The summed E-state index contributed by atoms with van der Waals surface area (Å²) in [4.78, 5) is 22.6. The van der Waals surface area contributed by atoms with Crippen molar-refractivity contribution >= 4 is 11.9 Å². The summed E-state index contributed by atoms with van der Waals surface area (Å²) in [6.45, 7) is 2.29. The van der Waals surface area contributed by atoms with Crippen LogP contribution in [0.2, 0.25) is 0 Å². The molecule has 2 rings (SSSR count). The monoisotopic (exact) mass is 291 g/mol. The molecule has 0 saturated heterocycles. The van der Waals surface area contributed by atoms with Crippen molar-refractivity contribution in [1.29, 1.82) is 0 Å². The van der Waals surface area contributed by atoms with Crippen molar-refractivity contribution in [2.45, 2.75) is 38.6 Å². The molecular weight excluding hydrogens is 270 g/mol. The van der Waals surface area contributed by atoms with E-state index in [0.29, 0.717) is 12.5 Å². The second kappa shape index (κ2) is 7.11.